The highest BCUT2D eigenvalue weighted by Gasteiger charge is 2.25. The van der Waals surface area contributed by atoms with Crippen LogP contribution < -0.4 is 5.32 Å². The maximum atomic E-state index is 12.4. The number of nitrogens with zero attached hydrogens (tertiary/aromatic N) is 1. The van der Waals surface area contributed by atoms with E-state index in [1.54, 1.807) is 12.1 Å². The highest BCUT2D eigenvalue weighted by Crippen LogP contribution is 2.17. The lowest BCUT2D eigenvalue weighted by Crippen LogP contribution is -2.77. The molecule has 19 heavy (non-hydrogen) atoms. The number of quaternary nitrogens is 1. The van der Waals surface area contributed by atoms with Crippen molar-refractivity contribution in [1.82, 2.24) is 4.31 Å². The Kier molecular flexibility index (Phi) is 4.93. The van der Waals surface area contributed by atoms with E-state index in [-0.39, 0.29) is 0 Å². The number of rotatable bonds is 5. The molecule has 6 heteroatoms. The predicted molar refractivity (Wildman–Crippen MR) is 71.9 cm³/mol. The Morgan fingerprint density at radius 2 is 1.84 bits per heavy atom. The van der Waals surface area contributed by atoms with E-state index < -0.39 is 10.0 Å². The van der Waals surface area contributed by atoms with Gasteiger partial charge in [0.25, 0.3) is 0 Å². The fraction of sp³-hybridized carbons (Fsp3) is 0.462. The number of hydrogen-bond acceptors (Lipinski definition) is 3. The minimum Gasteiger partial charge on any atom is -0.479 e. The van der Waals surface area contributed by atoms with Gasteiger partial charge in [0, 0.05) is 19.5 Å². The lowest BCUT2D eigenvalue weighted by molar-refractivity contribution is -0.594. The molecule has 2 N–H and O–H groups in total. The number of benzene rings is 1. The molecule has 0 spiro atoms. The zero-order valence-electron chi connectivity index (χ0n) is 10.9. The Labute approximate surface area is 114 Å². The van der Waals surface area contributed by atoms with Crippen LogP contribution in [0.15, 0.2) is 29.2 Å². The smallest absolute Gasteiger partial charge is 0.243 e. The first-order valence-corrected chi connectivity index (χ1v) is 7.86. The summed E-state index contributed by atoms with van der Waals surface area (Å²) in [6, 6.07) is 7.11. The second-order valence-electron chi connectivity index (χ2n) is 4.49. The monoisotopic (exact) mass is 284 g/mol. The van der Waals surface area contributed by atoms with Gasteiger partial charge in [0.15, 0.2) is 0 Å². The van der Waals surface area contributed by atoms with Gasteiger partial charge in [-0.1, -0.05) is 12.1 Å². The molecule has 1 saturated heterocycles. The van der Waals surface area contributed by atoms with Crippen LogP contribution in [0.4, 0.5) is 0 Å². The van der Waals surface area contributed by atoms with E-state index in [2.05, 4.69) is 7.05 Å². The van der Waals surface area contributed by atoms with Gasteiger partial charge in [-0.25, -0.2) is 8.42 Å². The van der Waals surface area contributed by atoms with Crippen molar-refractivity contribution in [2.75, 3.05) is 32.8 Å². The van der Waals surface area contributed by atoms with Crippen molar-refractivity contribution < 1.29 is 18.5 Å². The van der Waals surface area contributed by atoms with Gasteiger partial charge in [-0.05, 0) is 17.7 Å². The molecule has 1 aromatic carbocycles. The second kappa shape index (κ2) is 6.47. The van der Waals surface area contributed by atoms with Gasteiger partial charge in [-0.2, -0.15) is 11.4 Å². The fourth-order valence-electron chi connectivity index (χ4n) is 2.03. The Hall–Kier alpha value is -0.950. The standard InChI is InChI=1S/C13H20N2O3S/c1-14-7-6-12-2-4-13(5-3-12)19(16,17)15-8-10-18-11-9-15/h2-5H,1,6-11,14H2. The first-order chi connectivity index (χ1) is 9.14. The van der Waals surface area contributed by atoms with Crippen LogP contribution in [0.3, 0.4) is 0 Å². The van der Waals surface area contributed by atoms with Crippen LogP contribution in [0.5, 0.6) is 0 Å². The summed E-state index contributed by atoms with van der Waals surface area (Å²) >= 11 is 0. The number of nitrogens with two attached hydrogens (primary N) is 1. The molecular weight excluding hydrogens is 264 g/mol. The van der Waals surface area contributed by atoms with Crippen LogP contribution in [0.1, 0.15) is 5.56 Å². The van der Waals surface area contributed by atoms with E-state index in [0.717, 1.165) is 18.5 Å². The summed E-state index contributed by atoms with van der Waals surface area (Å²) < 4.78 is 31.4. The molecule has 0 aromatic heterocycles. The predicted octanol–water partition coefficient (Wildman–Crippen LogP) is -0.395. The zero-order valence-corrected chi connectivity index (χ0v) is 11.7. The summed E-state index contributed by atoms with van der Waals surface area (Å²) in [5, 5.41) is 1.86. The average Bonchev–Trinajstić information content (AvgIpc) is 2.46. The normalized spacial score (nSPS) is 17.5. The fourth-order valence-corrected chi connectivity index (χ4v) is 3.44. The molecule has 0 amide bonds. The summed E-state index contributed by atoms with van der Waals surface area (Å²) in [6.07, 6.45) is 0.890. The van der Waals surface area contributed by atoms with Crippen molar-refractivity contribution in [3.8, 4) is 0 Å². The van der Waals surface area contributed by atoms with Crippen LogP contribution in [0, 0.1) is 7.05 Å². The van der Waals surface area contributed by atoms with Gasteiger partial charge in [0.2, 0.25) is 10.0 Å². The van der Waals surface area contributed by atoms with Gasteiger partial charge >= 0.3 is 0 Å². The summed E-state index contributed by atoms with van der Waals surface area (Å²) in [5.41, 5.74) is 1.13. The van der Waals surface area contributed by atoms with Crippen molar-refractivity contribution >= 4 is 10.0 Å². The Morgan fingerprint density at radius 3 is 2.42 bits per heavy atom. The van der Waals surface area contributed by atoms with Crippen molar-refractivity contribution in [2.24, 2.45) is 0 Å². The molecule has 0 bridgehead atoms. The minimum atomic E-state index is -3.37. The summed E-state index contributed by atoms with van der Waals surface area (Å²) in [4.78, 5) is 0.358. The van der Waals surface area contributed by atoms with E-state index in [1.165, 1.54) is 4.31 Å². The summed E-state index contributed by atoms with van der Waals surface area (Å²) in [6.45, 7) is 2.70. The summed E-state index contributed by atoms with van der Waals surface area (Å²) in [5.74, 6) is 0. The van der Waals surface area contributed by atoms with Crippen LogP contribution in [-0.2, 0) is 21.2 Å². The largest absolute Gasteiger partial charge is 0.479 e. The van der Waals surface area contributed by atoms with Crippen molar-refractivity contribution in [3.05, 3.63) is 36.9 Å². The number of ether oxygens (including phenoxy) is 1. The maximum absolute atomic E-state index is 12.4. The number of sulfonamides is 1. The molecule has 0 saturated carbocycles. The maximum Gasteiger partial charge on any atom is 0.243 e. The Balaban J connectivity index is 2.11. The average molecular weight is 284 g/mol. The van der Waals surface area contributed by atoms with Crippen LogP contribution in [0.25, 0.3) is 0 Å². The summed E-state index contributed by atoms with van der Waals surface area (Å²) in [7, 11) is 0.313. The molecule has 1 aliphatic rings. The van der Waals surface area contributed by atoms with Crippen molar-refractivity contribution in [3.63, 3.8) is 0 Å². The molecule has 0 radical (unpaired) electrons. The molecule has 0 aliphatic carbocycles. The van der Waals surface area contributed by atoms with E-state index in [4.69, 9.17) is 4.74 Å². The third-order valence-electron chi connectivity index (χ3n) is 3.17. The zero-order chi connectivity index (χ0) is 13.7. The molecule has 0 unspecified atom stereocenters. The van der Waals surface area contributed by atoms with Crippen LogP contribution in [0.2, 0.25) is 0 Å². The Morgan fingerprint density at radius 1 is 1.21 bits per heavy atom. The van der Waals surface area contributed by atoms with Gasteiger partial charge in [0.1, 0.15) is 0 Å². The third-order valence-corrected chi connectivity index (χ3v) is 5.08. The topological polar surface area (TPSA) is 63.2 Å². The van der Waals surface area contributed by atoms with E-state index in [9.17, 15) is 8.42 Å². The van der Waals surface area contributed by atoms with Gasteiger partial charge in [-0.3, -0.25) is 0 Å². The third kappa shape index (κ3) is 3.54. The minimum absolute atomic E-state index is 0.358. The van der Waals surface area contributed by atoms with E-state index in [1.807, 2.05) is 17.4 Å². The molecule has 1 aromatic rings. The molecule has 1 heterocycles. The molecule has 1 fully saturated rings. The van der Waals surface area contributed by atoms with Crippen molar-refractivity contribution in [2.45, 2.75) is 11.3 Å². The van der Waals surface area contributed by atoms with E-state index >= 15 is 0 Å². The lowest BCUT2D eigenvalue weighted by Gasteiger charge is -2.26. The van der Waals surface area contributed by atoms with Gasteiger partial charge < -0.3 is 10.1 Å². The quantitative estimate of drug-likeness (QED) is 0.749. The van der Waals surface area contributed by atoms with E-state index in [0.29, 0.717) is 31.2 Å². The number of morpholine rings is 1. The van der Waals surface area contributed by atoms with Crippen molar-refractivity contribution in [1.29, 1.82) is 0 Å². The lowest BCUT2D eigenvalue weighted by atomic mass is 10.1. The second-order valence-corrected chi connectivity index (χ2v) is 6.43. The number of hydrogen-bond donors (Lipinski definition) is 1. The highest BCUT2D eigenvalue weighted by atomic mass is 32.2. The SMILES string of the molecule is [CH2-][NH2+]CCc1ccc(S(=O)(=O)N2CCOCC2)cc1. The molecule has 1 aliphatic heterocycles. The molecule has 106 valence electrons. The molecule has 0 atom stereocenters. The van der Waals surface area contributed by atoms with Gasteiger partial charge in [0.05, 0.1) is 24.7 Å². The molecule has 5 nitrogen and oxygen atoms in total. The first kappa shape index (κ1) is 14.5. The van der Waals surface area contributed by atoms with Crippen LogP contribution in [-0.4, -0.2) is 45.6 Å². The molecule has 2 rings (SSSR count). The van der Waals surface area contributed by atoms with Gasteiger partial charge in [-0.15, -0.1) is 0 Å². The molecular formula is C13H20N2O3S. The first-order valence-electron chi connectivity index (χ1n) is 6.42. The Bertz CT molecular complexity index is 493. The van der Waals surface area contributed by atoms with Crippen LogP contribution >= 0.6 is 0 Å². The highest BCUT2D eigenvalue weighted by molar-refractivity contribution is 7.89.